The minimum Gasteiger partial charge on any atom is -0.392 e. The number of aliphatic hydroxyl groups excluding tert-OH is 1. The predicted molar refractivity (Wildman–Crippen MR) is 68.6 cm³/mol. The highest BCUT2D eigenvalue weighted by atomic mass is 32.1. The fourth-order valence-corrected chi connectivity index (χ4v) is 3.12. The highest BCUT2D eigenvalue weighted by Crippen LogP contribution is 2.26. The molecule has 1 aliphatic carbocycles. The summed E-state index contributed by atoms with van der Waals surface area (Å²) in [5.74, 6) is 0.532. The van der Waals surface area contributed by atoms with Crippen molar-refractivity contribution < 1.29 is 5.11 Å². The Balaban J connectivity index is 1.65. The molecule has 1 atom stereocenters. The van der Waals surface area contributed by atoms with Gasteiger partial charge < -0.3 is 10.4 Å². The molecule has 1 fully saturated rings. The van der Waals surface area contributed by atoms with Crippen LogP contribution in [0.15, 0.2) is 17.5 Å². The van der Waals surface area contributed by atoms with Crippen molar-refractivity contribution in [3.63, 3.8) is 0 Å². The smallest absolute Gasteiger partial charge is 0.0692 e. The van der Waals surface area contributed by atoms with Crippen LogP contribution in [-0.4, -0.2) is 17.8 Å². The van der Waals surface area contributed by atoms with E-state index < -0.39 is 0 Å². The van der Waals surface area contributed by atoms with Gasteiger partial charge in [-0.15, -0.1) is 11.3 Å². The van der Waals surface area contributed by atoms with E-state index in [1.54, 1.807) is 11.3 Å². The predicted octanol–water partition coefficient (Wildman–Crippen LogP) is 2.78. The topological polar surface area (TPSA) is 32.3 Å². The molecule has 90 valence electrons. The molecule has 16 heavy (non-hydrogen) atoms. The monoisotopic (exact) mass is 239 g/mol. The second kappa shape index (κ2) is 6.38. The third-order valence-electron chi connectivity index (χ3n) is 3.43. The summed E-state index contributed by atoms with van der Waals surface area (Å²) in [6.07, 6.45) is 6.22. The number of hydrogen-bond donors (Lipinski definition) is 2. The summed E-state index contributed by atoms with van der Waals surface area (Å²) >= 11 is 1.77. The Labute approximate surface area is 102 Å². The van der Waals surface area contributed by atoms with Crippen LogP contribution in [0.2, 0.25) is 0 Å². The molecule has 1 heterocycles. The van der Waals surface area contributed by atoms with Gasteiger partial charge in [-0.1, -0.05) is 25.3 Å². The molecule has 2 nitrogen and oxygen atoms in total. The molecule has 1 aromatic heterocycles. The number of rotatable bonds is 5. The molecule has 0 aliphatic heterocycles. The van der Waals surface area contributed by atoms with Gasteiger partial charge in [0.1, 0.15) is 0 Å². The van der Waals surface area contributed by atoms with Crippen LogP contribution in [0.25, 0.3) is 0 Å². The molecule has 2 N–H and O–H groups in total. The van der Waals surface area contributed by atoms with Crippen LogP contribution in [0, 0.1) is 5.92 Å². The molecule has 0 amide bonds. The first-order valence-corrected chi connectivity index (χ1v) is 7.15. The lowest BCUT2D eigenvalue weighted by Gasteiger charge is -2.26. The summed E-state index contributed by atoms with van der Waals surface area (Å²) in [5, 5.41) is 15.5. The summed E-state index contributed by atoms with van der Waals surface area (Å²) < 4.78 is 0. The van der Waals surface area contributed by atoms with Crippen molar-refractivity contribution >= 4 is 11.3 Å². The first kappa shape index (κ1) is 12.1. The van der Waals surface area contributed by atoms with E-state index in [4.69, 9.17) is 0 Å². The lowest BCUT2D eigenvalue weighted by Crippen LogP contribution is -2.33. The van der Waals surface area contributed by atoms with Crippen LogP contribution in [0.5, 0.6) is 0 Å². The minimum atomic E-state index is -0.153. The van der Waals surface area contributed by atoms with Crippen molar-refractivity contribution in [1.82, 2.24) is 5.32 Å². The summed E-state index contributed by atoms with van der Waals surface area (Å²) in [4.78, 5) is 1.34. The zero-order valence-electron chi connectivity index (χ0n) is 9.69. The average Bonchev–Trinajstić information content (AvgIpc) is 2.83. The van der Waals surface area contributed by atoms with Gasteiger partial charge in [0.15, 0.2) is 0 Å². The maximum atomic E-state index is 10.0. The van der Waals surface area contributed by atoms with Gasteiger partial charge in [-0.3, -0.25) is 0 Å². The Kier molecular flexibility index (Phi) is 4.82. The third-order valence-corrected chi connectivity index (χ3v) is 4.30. The molecule has 3 heteroatoms. The summed E-state index contributed by atoms with van der Waals surface area (Å²) in [7, 11) is 0. The largest absolute Gasteiger partial charge is 0.392 e. The lowest BCUT2D eigenvalue weighted by atomic mass is 9.85. The first-order valence-electron chi connectivity index (χ1n) is 6.27. The van der Waals surface area contributed by atoms with Crippen LogP contribution < -0.4 is 5.32 Å². The van der Waals surface area contributed by atoms with Gasteiger partial charge in [-0.2, -0.15) is 0 Å². The highest BCUT2D eigenvalue weighted by Gasteiger charge is 2.20. The molecule has 1 saturated carbocycles. The second-order valence-corrected chi connectivity index (χ2v) is 5.71. The Morgan fingerprint density at radius 1 is 1.38 bits per heavy atom. The molecule has 0 radical (unpaired) electrons. The molecule has 0 spiro atoms. The van der Waals surface area contributed by atoms with Crippen molar-refractivity contribution in [1.29, 1.82) is 0 Å². The Bertz CT molecular complexity index is 280. The highest BCUT2D eigenvalue weighted by molar-refractivity contribution is 7.09. The van der Waals surface area contributed by atoms with Gasteiger partial charge in [0.25, 0.3) is 0 Å². The maximum absolute atomic E-state index is 10.0. The molecular formula is C13H21NOS. The molecule has 1 aliphatic rings. The number of thiophene rings is 1. The fourth-order valence-electron chi connectivity index (χ4n) is 2.44. The van der Waals surface area contributed by atoms with E-state index in [-0.39, 0.29) is 6.10 Å². The van der Waals surface area contributed by atoms with E-state index in [1.807, 2.05) is 0 Å². The van der Waals surface area contributed by atoms with E-state index in [9.17, 15) is 5.11 Å². The van der Waals surface area contributed by atoms with Crippen LogP contribution in [0.1, 0.15) is 37.0 Å². The van der Waals surface area contributed by atoms with Crippen molar-refractivity contribution in [3.8, 4) is 0 Å². The number of aliphatic hydroxyl groups is 1. The van der Waals surface area contributed by atoms with Crippen LogP contribution in [-0.2, 0) is 6.54 Å². The molecule has 1 aromatic rings. The van der Waals surface area contributed by atoms with Crippen LogP contribution in [0.4, 0.5) is 0 Å². The van der Waals surface area contributed by atoms with E-state index >= 15 is 0 Å². The molecular weight excluding hydrogens is 218 g/mol. The standard InChI is InChI=1S/C13H21NOS/c15-13(11-5-2-1-3-6-11)10-14-9-12-7-4-8-16-12/h4,7-8,11,13-15H,1-3,5-6,9-10H2. The van der Waals surface area contributed by atoms with E-state index in [1.165, 1.54) is 37.0 Å². The quantitative estimate of drug-likeness (QED) is 0.828. The summed E-state index contributed by atoms with van der Waals surface area (Å²) in [6.45, 7) is 1.63. The average molecular weight is 239 g/mol. The van der Waals surface area contributed by atoms with E-state index in [2.05, 4.69) is 22.8 Å². The second-order valence-electron chi connectivity index (χ2n) is 4.68. The molecule has 0 saturated heterocycles. The Morgan fingerprint density at radius 3 is 2.88 bits per heavy atom. The zero-order valence-corrected chi connectivity index (χ0v) is 10.5. The Morgan fingerprint density at radius 2 is 2.19 bits per heavy atom. The van der Waals surface area contributed by atoms with Gasteiger partial charge in [-0.25, -0.2) is 0 Å². The van der Waals surface area contributed by atoms with E-state index in [0.717, 1.165) is 13.1 Å². The van der Waals surface area contributed by atoms with Crippen molar-refractivity contribution in [2.45, 2.75) is 44.8 Å². The normalized spacial score (nSPS) is 19.8. The van der Waals surface area contributed by atoms with Gasteiger partial charge in [-0.05, 0) is 30.2 Å². The number of hydrogen-bond acceptors (Lipinski definition) is 3. The number of nitrogens with one attached hydrogen (secondary N) is 1. The van der Waals surface area contributed by atoms with Crippen molar-refractivity contribution in [2.75, 3.05) is 6.54 Å². The van der Waals surface area contributed by atoms with Gasteiger partial charge in [0.2, 0.25) is 0 Å². The van der Waals surface area contributed by atoms with Crippen molar-refractivity contribution in [3.05, 3.63) is 22.4 Å². The molecule has 2 rings (SSSR count). The van der Waals surface area contributed by atoms with Crippen LogP contribution >= 0.6 is 11.3 Å². The van der Waals surface area contributed by atoms with Gasteiger partial charge >= 0.3 is 0 Å². The maximum Gasteiger partial charge on any atom is 0.0692 e. The minimum absolute atomic E-state index is 0.153. The molecule has 0 aromatic carbocycles. The molecule has 0 bridgehead atoms. The SMILES string of the molecule is OC(CNCc1cccs1)C1CCCCC1. The van der Waals surface area contributed by atoms with Gasteiger partial charge in [0, 0.05) is 18.0 Å². The summed E-state index contributed by atoms with van der Waals surface area (Å²) in [5.41, 5.74) is 0. The third kappa shape index (κ3) is 3.58. The van der Waals surface area contributed by atoms with Crippen molar-refractivity contribution in [2.24, 2.45) is 5.92 Å². The van der Waals surface area contributed by atoms with Crippen LogP contribution in [0.3, 0.4) is 0 Å². The Hall–Kier alpha value is -0.380. The summed E-state index contributed by atoms with van der Waals surface area (Å²) in [6, 6.07) is 4.20. The zero-order chi connectivity index (χ0) is 11.2. The lowest BCUT2D eigenvalue weighted by molar-refractivity contribution is 0.0839. The van der Waals surface area contributed by atoms with Gasteiger partial charge in [0.05, 0.1) is 6.10 Å². The first-order chi connectivity index (χ1) is 7.86. The molecule has 1 unspecified atom stereocenters. The van der Waals surface area contributed by atoms with E-state index in [0.29, 0.717) is 5.92 Å². The fraction of sp³-hybridized carbons (Fsp3) is 0.692.